The van der Waals surface area contributed by atoms with E-state index < -0.39 is 23.7 Å². The molecule has 8 heteroatoms. The van der Waals surface area contributed by atoms with E-state index in [2.05, 4.69) is 0 Å². The van der Waals surface area contributed by atoms with Gasteiger partial charge in [-0.2, -0.15) is 13.2 Å². The molecule has 1 atom stereocenters. The van der Waals surface area contributed by atoms with Crippen molar-refractivity contribution in [1.82, 2.24) is 9.80 Å². The monoisotopic (exact) mass is 320 g/mol. The van der Waals surface area contributed by atoms with Crippen molar-refractivity contribution in [3.05, 3.63) is 35.1 Å². The zero-order valence-corrected chi connectivity index (χ0v) is 11.9. The van der Waals surface area contributed by atoms with Gasteiger partial charge in [0.1, 0.15) is 5.82 Å². The summed E-state index contributed by atoms with van der Waals surface area (Å²) >= 11 is 0. The van der Waals surface area contributed by atoms with Crippen molar-refractivity contribution in [2.24, 2.45) is 0 Å². The van der Waals surface area contributed by atoms with E-state index in [0.717, 1.165) is 12.1 Å². The topological polar surface area (TPSA) is 43.8 Å². The average Bonchev–Trinajstić information content (AvgIpc) is 2.36. The number of alkyl halides is 3. The molecule has 4 nitrogen and oxygen atoms in total. The third-order valence-corrected chi connectivity index (χ3v) is 3.65. The summed E-state index contributed by atoms with van der Waals surface area (Å²) in [5.74, 6) is -0.929. The highest BCUT2D eigenvalue weighted by molar-refractivity contribution is 5.65. The number of nitrogens with zero attached hydrogens (tertiary/aromatic N) is 2. The zero-order chi connectivity index (χ0) is 16.5. The van der Waals surface area contributed by atoms with Crippen LogP contribution in [0.25, 0.3) is 0 Å². The molecule has 0 bridgehead atoms. The molecule has 0 unspecified atom stereocenters. The number of benzene rings is 1. The van der Waals surface area contributed by atoms with E-state index in [9.17, 15) is 22.4 Å². The molecule has 0 aromatic heterocycles. The maximum atomic E-state index is 13.4. The third-order valence-electron chi connectivity index (χ3n) is 3.65. The molecule has 0 radical (unpaired) electrons. The Hall–Kier alpha value is -1.83. The molecule has 0 aliphatic carbocycles. The van der Waals surface area contributed by atoms with Gasteiger partial charge in [0, 0.05) is 32.2 Å². The molecular weight excluding hydrogens is 304 g/mol. The van der Waals surface area contributed by atoms with Crippen LogP contribution in [0, 0.1) is 5.82 Å². The Labute approximate surface area is 124 Å². The predicted molar refractivity (Wildman–Crippen MR) is 70.9 cm³/mol. The van der Waals surface area contributed by atoms with Crippen LogP contribution in [-0.4, -0.2) is 46.7 Å². The second kappa shape index (κ2) is 6.12. The minimum Gasteiger partial charge on any atom is -0.465 e. The number of carboxylic acid groups (broad SMARTS) is 1. The maximum absolute atomic E-state index is 13.4. The van der Waals surface area contributed by atoms with Gasteiger partial charge in [-0.25, -0.2) is 9.18 Å². The van der Waals surface area contributed by atoms with E-state index in [1.807, 2.05) is 4.90 Å². The number of hydrogen-bond donors (Lipinski definition) is 1. The van der Waals surface area contributed by atoms with Crippen molar-refractivity contribution in [2.75, 3.05) is 19.6 Å². The molecule has 1 aromatic carbocycles. The summed E-state index contributed by atoms with van der Waals surface area (Å²) in [5, 5.41) is 8.98. The molecule has 22 heavy (non-hydrogen) atoms. The van der Waals surface area contributed by atoms with E-state index in [1.54, 1.807) is 6.92 Å². The van der Waals surface area contributed by atoms with Crippen molar-refractivity contribution >= 4 is 6.09 Å². The maximum Gasteiger partial charge on any atom is 0.416 e. The van der Waals surface area contributed by atoms with Gasteiger partial charge in [0.15, 0.2) is 0 Å². The third kappa shape index (κ3) is 3.88. The Kier molecular flexibility index (Phi) is 4.60. The first-order chi connectivity index (χ1) is 10.2. The van der Waals surface area contributed by atoms with Gasteiger partial charge in [0.05, 0.1) is 5.56 Å². The standard InChI is InChI=1S/C14H16F4N2O2/c1-9-7-19(2-3-20(9)13(21)22)8-10-4-11(14(16,17)18)6-12(15)5-10/h4-6,9H,2-3,7-8H2,1H3,(H,21,22)/t9-/m1/s1. The van der Waals surface area contributed by atoms with Gasteiger partial charge >= 0.3 is 12.3 Å². The Balaban J connectivity index is 2.09. The normalized spacial score (nSPS) is 20.2. The van der Waals surface area contributed by atoms with Crippen LogP contribution in [0.2, 0.25) is 0 Å². The Bertz CT molecular complexity index is 562. The lowest BCUT2D eigenvalue weighted by Crippen LogP contribution is -2.53. The van der Waals surface area contributed by atoms with Crippen LogP contribution in [0.4, 0.5) is 22.4 Å². The molecule has 1 fully saturated rings. The van der Waals surface area contributed by atoms with E-state index in [-0.39, 0.29) is 24.7 Å². The number of hydrogen-bond acceptors (Lipinski definition) is 2. The van der Waals surface area contributed by atoms with Crippen LogP contribution in [0.5, 0.6) is 0 Å². The van der Waals surface area contributed by atoms with E-state index in [0.29, 0.717) is 19.2 Å². The minimum absolute atomic E-state index is 0.151. The molecule has 1 heterocycles. The van der Waals surface area contributed by atoms with Crippen LogP contribution in [0.15, 0.2) is 18.2 Å². The van der Waals surface area contributed by atoms with Gasteiger partial charge in [-0.05, 0) is 30.7 Å². The number of amides is 1. The smallest absolute Gasteiger partial charge is 0.416 e. The molecule has 1 N–H and O–H groups in total. The van der Waals surface area contributed by atoms with Crippen LogP contribution in [0.3, 0.4) is 0 Å². The van der Waals surface area contributed by atoms with Crippen molar-refractivity contribution in [1.29, 1.82) is 0 Å². The van der Waals surface area contributed by atoms with Crippen molar-refractivity contribution in [2.45, 2.75) is 25.7 Å². The lowest BCUT2D eigenvalue weighted by Gasteiger charge is -2.38. The summed E-state index contributed by atoms with van der Waals surface area (Å²) in [6.07, 6.45) is -5.61. The fourth-order valence-corrected chi connectivity index (χ4v) is 2.62. The first-order valence-electron chi connectivity index (χ1n) is 6.75. The summed E-state index contributed by atoms with van der Waals surface area (Å²) < 4.78 is 51.4. The fraction of sp³-hybridized carbons (Fsp3) is 0.500. The molecule has 2 rings (SSSR count). The largest absolute Gasteiger partial charge is 0.465 e. The molecule has 1 aromatic rings. The molecule has 1 aliphatic rings. The van der Waals surface area contributed by atoms with Crippen LogP contribution >= 0.6 is 0 Å². The van der Waals surface area contributed by atoms with Gasteiger partial charge in [-0.15, -0.1) is 0 Å². The summed E-state index contributed by atoms with van der Waals surface area (Å²) in [4.78, 5) is 14.1. The van der Waals surface area contributed by atoms with Gasteiger partial charge in [0.25, 0.3) is 0 Å². The van der Waals surface area contributed by atoms with Crippen LogP contribution in [0.1, 0.15) is 18.1 Å². The fourth-order valence-electron chi connectivity index (χ4n) is 2.62. The van der Waals surface area contributed by atoms with Gasteiger partial charge in [0.2, 0.25) is 0 Å². The highest BCUT2D eigenvalue weighted by Gasteiger charge is 2.32. The lowest BCUT2D eigenvalue weighted by molar-refractivity contribution is -0.137. The summed E-state index contributed by atoms with van der Waals surface area (Å²) in [6, 6.07) is 2.21. The first kappa shape index (κ1) is 16.5. The summed E-state index contributed by atoms with van der Waals surface area (Å²) in [6.45, 7) is 2.95. The van der Waals surface area contributed by atoms with E-state index >= 15 is 0 Å². The SMILES string of the molecule is C[C@@H]1CN(Cc2cc(F)cc(C(F)(F)F)c2)CCN1C(=O)O. The molecular formula is C14H16F4N2O2. The van der Waals surface area contributed by atoms with Crippen molar-refractivity contribution < 1.29 is 27.5 Å². The second-order valence-corrected chi connectivity index (χ2v) is 5.41. The average molecular weight is 320 g/mol. The number of piperazine rings is 1. The molecule has 1 aliphatic heterocycles. The minimum atomic E-state index is -4.59. The molecule has 1 amide bonds. The predicted octanol–water partition coefficient (Wildman–Crippen LogP) is 3.03. The van der Waals surface area contributed by atoms with Gasteiger partial charge in [-0.1, -0.05) is 0 Å². The molecule has 0 spiro atoms. The zero-order valence-electron chi connectivity index (χ0n) is 11.9. The van der Waals surface area contributed by atoms with Gasteiger partial charge in [-0.3, -0.25) is 4.90 Å². The van der Waals surface area contributed by atoms with E-state index in [1.165, 1.54) is 4.90 Å². The van der Waals surface area contributed by atoms with Crippen LogP contribution in [-0.2, 0) is 12.7 Å². The lowest BCUT2D eigenvalue weighted by atomic mass is 10.1. The molecule has 0 saturated carbocycles. The molecule has 1 saturated heterocycles. The van der Waals surface area contributed by atoms with Gasteiger partial charge < -0.3 is 10.0 Å². The Morgan fingerprint density at radius 3 is 2.55 bits per heavy atom. The number of halogens is 4. The Morgan fingerprint density at radius 1 is 1.32 bits per heavy atom. The summed E-state index contributed by atoms with van der Waals surface area (Å²) in [5.41, 5.74) is -0.789. The summed E-state index contributed by atoms with van der Waals surface area (Å²) in [7, 11) is 0. The first-order valence-corrected chi connectivity index (χ1v) is 6.75. The quantitative estimate of drug-likeness (QED) is 0.852. The molecule has 122 valence electrons. The number of rotatable bonds is 2. The highest BCUT2D eigenvalue weighted by Crippen LogP contribution is 2.30. The van der Waals surface area contributed by atoms with Crippen molar-refractivity contribution in [3.8, 4) is 0 Å². The number of carbonyl (C=O) groups is 1. The van der Waals surface area contributed by atoms with E-state index in [4.69, 9.17) is 5.11 Å². The Morgan fingerprint density at radius 2 is 2.00 bits per heavy atom. The van der Waals surface area contributed by atoms with Crippen LogP contribution < -0.4 is 0 Å². The van der Waals surface area contributed by atoms with Crippen molar-refractivity contribution in [3.63, 3.8) is 0 Å². The highest BCUT2D eigenvalue weighted by atomic mass is 19.4. The second-order valence-electron chi connectivity index (χ2n) is 5.41.